The van der Waals surface area contributed by atoms with Gasteiger partial charge in [-0.05, 0) is 67.3 Å². The van der Waals surface area contributed by atoms with Gasteiger partial charge in [-0.3, -0.25) is 14.4 Å². The predicted octanol–water partition coefficient (Wildman–Crippen LogP) is 5.08. The Morgan fingerprint density at radius 3 is 2.33 bits per heavy atom. The largest absolute Gasteiger partial charge is 0.495 e. The van der Waals surface area contributed by atoms with Crippen LogP contribution in [0, 0.1) is 12.8 Å². The van der Waals surface area contributed by atoms with Crippen LogP contribution in [0.4, 0.5) is 0 Å². The number of nitrogens with one attached hydrogen (secondary N) is 2. The van der Waals surface area contributed by atoms with Crippen molar-refractivity contribution in [3.63, 3.8) is 0 Å². The Balaban J connectivity index is 1.34. The van der Waals surface area contributed by atoms with Gasteiger partial charge in [0.25, 0.3) is 5.91 Å². The van der Waals surface area contributed by atoms with Gasteiger partial charge in [-0.2, -0.15) is 0 Å². The van der Waals surface area contributed by atoms with Crippen LogP contribution >= 0.6 is 11.6 Å². The highest BCUT2D eigenvalue weighted by Gasteiger charge is 2.43. The second kappa shape index (κ2) is 11.1. The number of carboxylic acids is 1. The first-order valence-electron chi connectivity index (χ1n) is 13.4. The van der Waals surface area contributed by atoms with Crippen LogP contribution < -0.4 is 10.1 Å². The lowest BCUT2D eigenvalue weighted by Gasteiger charge is -2.42. The third kappa shape index (κ3) is 5.15. The van der Waals surface area contributed by atoms with E-state index in [1.165, 1.54) is 6.92 Å². The van der Waals surface area contributed by atoms with Gasteiger partial charge in [0.2, 0.25) is 0 Å². The molecule has 3 N–H and O–H groups in total. The highest BCUT2D eigenvalue weighted by molar-refractivity contribution is 6.37. The zero-order valence-corrected chi connectivity index (χ0v) is 23.5. The number of carbonyl (C=O) groups excluding carboxylic acids is 2. The Labute approximate surface area is 237 Å². The third-order valence-electron chi connectivity index (χ3n) is 8.22. The van der Waals surface area contributed by atoms with Crippen LogP contribution in [-0.4, -0.2) is 54.4 Å². The zero-order chi connectivity index (χ0) is 28.6. The normalized spacial score (nSPS) is 20.8. The van der Waals surface area contributed by atoms with Gasteiger partial charge in [-0.1, -0.05) is 35.9 Å². The summed E-state index contributed by atoms with van der Waals surface area (Å²) in [6.07, 6.45) is 2.51. The quantitative estimate of drug-likeness (QED) is 0.323. The lowest BCUT2D eigenvalue weighted by Crippen LogP contribution is -2.59. The van der Waals surface area contributed by atoms with Gasteiger partial charge in [0.1, 0.15) is 23.1 Å². The molecule has 212 valence electrons. The molecule has 1 unspecified atom stereocenters. The number of carbonyl (C=O) groups is 3. The number of amides is 1. The van der Waals surface area contributed by atoms with Crippen LogP contribution in [0.15, 0.2) is 36.4 Å². The molecule has 1 saturated heterocycles. The van der Waals surface area contributed by atoms with E-state index in [0.717, 1.165) is 22.0 Å². The average Bonchev–Trinajstić information content (AvgIpc) is 3.24. The fourth-order valence-corrected chi connectivity index (χ4v) is 6.45. The van der Waals surface area contributed by atoms with Crippen molar-refractivity contribution in [3.05, 3.63) is 63.8 Å². The summed E-state index contributed by atoms with van der Waals surface area (Å²) >= 11 is 6.52. The molecule has 9 nitrogen and oxygen atoms in total. The van der Waals surface area contributed by atoms with Crippen molar-refractivity contribution in [2.24, 2.45) is 5.92 Å². The summed E-state index contributed by atoms with van der Waals surface area (Å²) in [7, 11) is 1.54. The number of methoxy groups -OCH3 is 1. The van der Waals surface area contributed by atoms with Crippen molar-refractivity contribution in [1.29, 1.82) is 0 Å². The number of halogens is 1. The Bertz CT molecular complexity index is 1440. The van der Waals surface area contributed by atoms with Gasteiger partial charge in [-0.25, -0.2) is 0 Å². The summed E-state index contributed by atoms with van der Waals surface area (Å²) in [5.74, 6) is -1.65. The summed E-state index contributed by atoms with van der Waals surface area (Å²) in [4.78, 5) is 40.2. The summed E-state index contributed by atoms with van der Waals surface area (Å²) in [6.45, 7) is 3.83. The van der Waals surface area contributed by atoms with Gasteiger partial charge in [0.15, 0.2) is 0 Å². The van der Waals surface area contributed by atoms with E-state index in [9.17, 15) is 19.5 Å². The molecule has 1 aliphatic heterocycles. The SMILES string of the molecule is COc1ccc2[nH]c(C(=O)NC3(c4ccc(C(C(=O)O)C5CCC(OC(C)=O)CC5)cc4)COC3)c(C)c2c1Cl. The smallest absolute Gasteiger partial charge is 0.311 e. The number of hydrogen-bond acceptors (Lipinski definition) is 6. The standard InChI is InChI=1S/C30H33ClN2O7/c1-16-24-22(12-13-23(38-3)26(24)31)32-27(16)28(35)33-30(14-39-15-30)20-8-4-18(5-9-20)25(29(36)37)19-6-10-21(11-7-19)40-17(2)34/h4-5,8-9,12-13,19,21,25,32H,6-7,10-11,14-15H2,1-3H3,(H,33,35)(H,36,37). The number of aryl methyl sites for hydroxylation is 1. The summed E-state index contributed by atoms with van der Waals surface area (Å²) in [5.41, 5.74) is 2.68. The van der Waals surface area contributed by atoms with Gasteiger partial charge >= 0.3 is 11.9 Å². The number of ether oxygens (including phenoxy) is 3. The molecule has 0 spiro atoms. The molecular weight excluding hydrogens is 536 g/mol. The first kappa shape index (κ1) is 28.0. The minimum Gasteiger partial charge on any atom is -0.495 e. The molecule has 3 aromatic rings. The van der Waals surface area contributed by atoms with E-state index in [2.05, 4.69) is 10.3 Å². The van der Waals surface area contributed by atoms with E-state index in [1.807, 2.05) is 37.3 Å². The number of fused-ring (bicyclic) bond motifs is 1. The molecule has 10 heteroatoms. The van der Waals surface area contributed by atoms with Crippen molar-refractivity contribution in [3.8, 4) is 5.75 Å². The number of benzene rings is 2. The Morgan fingerprint density at radius 1 is 1.10 bits per heavy atom. The number of carboxylic acid groups (broad SMARTS) is 1. The summed E-state index contributed by atoms with van der Waals surface area (Å²) < 4.78 is 16.2. The lowest BCUT2D eigenvalue weighted by molar-refractivity contribution is -0.149. The van der Waals surface area contributed by atoms with Crippen LogP contribution in [0.5, 0.6) is 5.75 Å². The zero-order valence-electron chi connectivity index (χ0n) is 22.7. The molecule has 0 radical (unpaired) electrons. The number of aromatic amines is 1. The second-order valence-corrected chi connectivity index (χ2v) is 11.1. The van der Waals surface area contributed by atoms with Gasteiger partial charge in [0, 0.05) is 17.8 Å². The van der Waals surface area contributed by atoms with Crippen LogP contribution in [0.1, 0.15) is 65.7 Å². The Kier molecular flexibility index (Phi) is 7.79. The van der Waals surface area contributed by atoms with Crippen molar-refractivity contribution in [2.75, 3.05) is 20.3 Å². The van der Waals surface area contributed by atoms with Gasteiger partial charge in [-0.15, -0.1) is 0 Å². The number of hydrogen-bond donors (Lipinski definition) is 3. The summed E-state index contributed by atoms with van der Waals surface area (Å²) in [5, 5.41) is 14.4. The highest BCUT2D eigenvalue weighted by atomic mass is 35.5. The second-order valence-electron chi connectivity index (χ2n) is 10.7. The molecule has 1 aliphatic carbocycles. The molecule has 1 atom stereocenters. The molecule has 2 fully saturated rings. The molecule has 0 bridgehead atoms. The first-order chi connectivity index (χ1) is 19.1. The molecule has 1 amide bonds. The van der Waals surface area contributed by atoms with E-state index in [0.29, 0.717) is 60.9 Å². The summed E-state index contributed by atoms with van der Waals surface area (Å²) in [6, 6.07) is 11.0. The third-order valence-corrected chi connectivity index (χ3v) is 8.60. The number of aliphatic carboxylic acids is 1. The molecule has 1 saturated carbocycles. The fraction of sp³-hybridized carbons (Fsp3) is 0.433. The van der Waals surface area contributed by atoms with Crippen LogP contribution in [-0.2, 0) is 24.6 Å². The van der Waals surface area contributed by atoms with Gasteiger partial charge < -0.3 is 29.6 Å². The maximum Gasteiger partial charge on any atom is 0.311 e. The number of aromatic nitrogens is 1. The molecular formula is C30H33ClN2O7. The molecule has 5 rings (SSSR count). The van der Waals surface area contributed by atoms with Gasteiger partial charge in [0.05, 0.1) is 31.3 Å². The van der Waals surface area contributed by atoms with E-state index >= 15 is 0 Å². The van der Waals surface area contributed by atoms with Crippen LogP contribution in [0.3, 0.4) is 0 Å². The van der Waals surface area contributed by atoms with E-state index in [4.69, 9.17) is 25.8 Å². The monoisotopic (exact) mass is 568 g/mol. The van der Waals surface area contributed by atoms with E-state index < -0.39 is 17.4 Å². The van der Waals surface area contributed by atoms with E-state index in [-0.39, 0.29) is 23.9 Å². The van der Waals surface area contributed by atoms with Crippen molar-refractivity contribution in [1.82, 2.24) is 10.3 Å². The molecule has 2 heterocycles. The van der Waals surface area contributed by atoms with Crippen molar-refractivity contribution in [2.45, 2.75) is 57.1 Å². The Hall–Kier alpha value is -3.56. The Morgan fingerprint density at radius 2 is 1.77 bits per heavy atom. The van der Waals surface area contributed by atoms with Crippen molar-refractivity contribution >= 4 is 40.3 Å². The number of H-pyrrole nitrogens is 1. The number of esters is 1. The maximum absolute atomic E-state index is 13.5. The molecule has 40 heavy (non-hydrogen) atoms. The average molecular weight is 569 g/mol. The molecule has 2 aliphatic rings. The fourth-order valence-electron chi connectivity index (χ4n) is 6.06. The first-order valence-corrected chi connectivity index (χ1v) is 13.8. The lowest BCUT2D eigenvalue weighted by atomic mass is 9.75. The highest BCUT2D eigenvalue weighted by Crippen LogP contribution is 2.39. The minimum atomic E-state index is -0.872. The van der Waals surface area contributed by atoms with Crippen LogP contribution in [0.2, 0.25) is 5.02 Å². The van der Waals surface area contributed by atoms with Crippen LogP contribution in [0.25, 0.3) is 10.9 Å². The minimum absolute atomic E-state index is 0.0497. The molecule has 2 aromatic carbocycles. The maximum atomic E-state index is 13.5. The van der Waals surface area contributed by atoms with Crippen molar-refractivity contribution < 1.29 is 33.7 Å². The number of rotatable bonds is 8. The molecule has 1 aromatic heterocycles. The van der Waals surface area contributed by atoms with E-state index in [1.54, 1.807) is 13.2 Å². The topological polar surface area (TPSA) is 127 Å². The predicted molar refractivity (Wildman–Crippen MR) is 149 cm³/mol.